The van der Waals surface area contributed by atoms with E-state index in [9.17, 15) is 4.79 Å². The number of carbonyl (C=O) groups is 1. The van der Waals surface area contributed by atoms with E-state index < -0.39 is 5.60 Å². The molecule has 0 atom stereocenters. The van der Waals surface area contributed by atoms with E-state index >= 15 is 0 Å². The Kier molecular flexibility index (Phi) is 5.21. The number of piperidine rings is 1. The van der Waals surface area contributed by atoms with Crippen molar-refractivity contribution in [3.63, 3.8) is 0 Å². The van der Waals surface area contributed by atoms with Crippen LogP contribution in [0.3, 0.4) is 0 Å². The van der Waals surface area contributed by atoms with E-state index in [1.165, 1.54) is 21.8 Å². The molecule has 0 saturated carbocycles. The lowest BCUT2D eigenvalue weighted by atomic mass is 10.0. The van der Waals surface area contributed by atoms with Gasteiger partial charge in [-0.3, -0.25) is 0 Å². The summed E-state index contributed by atoms with van der Waals surface area (Å²) in [7, 11) is 0. The molecular formula is C22H24Br2N2O2. The van der Waals surface area contributed by atoms with Gasteiger partial charge in [-0.15, -0.1) is 0 Å². The zero-order chi connectivity index (χ0) is 20.1. The van der Waals surface area contributed by atoms with Crippen LogP contribution in [0.1, 0.15) is 39.7 Å². The zero-order valence-electron chi connectivity index (χ0n) is 16.3. The quantitative estimate of drug-likeness (QED) is 0.359. The van der Waals surface area contributed by atoms with Gasteiger partial charge in [0.05, 0.1) is 11.0 Å². The van der Waals surface area contributed by atoms with Crippen LogP contribution in [-0.2, 0) is 4.74 Å². The molecule has 4 rings (SSSR count). The first kappa shape index (κ1) is 19.8. The molecule has 0 aliphatic carbocycles. The third-order valence-corrected chi connectivity index (χ3v) is 6.20. The van der Waals surface area contributed by atoms with Crippen LogP contribution in [0.2, 0.25) is 0 Å². The second-order valence-electron chi connectivity index (χ2n) is 8.39. The molecule has 1 saturated heterocycles. The van der Waals surface area contributed by atoms with E-state index in [0.29, 0.717) is 19.1 Å². The first-order valence-corrected chi connectivity index (χ1v) is 11.2. The third kappa shape index (κ3) is 3.81. The van der Waals surface area contributed by atoms with Gasteiger partial charge in [0.15, 0.2) is 0 Å². The maximum absolute atomic E-state index is 12.4. The summed E-state index contributed by atoms with van der Waals surface area (Å²) in [5.41, 5.74) is 2.01. The molecule has 2 heterocycles. The monoisotopic (exact) mass is 506 g/mol. The maximum atomic E-state index is 12.4. The molecule has 0 radical (unpaired) electrons. The minimum Gasteiger partial charge on any atom is -0.444 e. The highest BCUT2D eigenvalue weighted by Gasteiger charge is 2.29. The van der Waals surface area contributed by atoms with Crippen LogP contribution in [0.5, 0.6) is 0 Å². The summed E-state index contributed by atoms with van der Waals surface area (Å²) in [6.07, 6.45) is 1.62. The summed E-state index contributed by atoms with van der Waals surface area (Å²) >= 11 is 7.25. The summed E-state index contributed by atoms with van der Waals surface area (Å²) in [6.45, 7) is 7.15. The van der Waals surface area contributed by atoms with Crippen molar-refractivity contribution in [2.45, 2.75) is 45.3 Å². The molecule has 148 valence electrons. The highest BCUT2D eigenvalue weighted by atomic mass is 79.9. The largest absolute Gasteiger partial charge is 0.444 e. The van der Waals surface area contributed by atoms with Gasteiger partial charge in [0.25, 0.3) is 0 Å². The van der Waals surface area contributed by atoms with Gasteiger partial charge in [-0.2, -0.15) is 0 Å². The summed E-state index contributed by atoms with van der Waals surface area (Å²) in [4.78, 5) is 14.2. The Balaban J connectivity index is 1.67. The SMILES string of the molecule is CC(C)(C)OC(=O)N1CCC(n2c3cc(Br)ccc3c3ccc(Br)cc32)CC1. The van der Waals surface area contributed by atoms with Crippen LogP contribution in [0.4, 0.5) is 4.79 Å². The Hall–Kier alpha value is -1.53. The van der Waals surface area contributed by atoms with Crippen LogP contribution in [0.15, 0.2) is 45.3 Å². The Morgan fingerprint density at radius 1 is 0.964 bits per heavy atom. The van der Waals surface area contributed by atoms with Gasteiger partial charge in [-0.1, -0.05) is 44.0 Å². The van der Waals surface area contributed by atoms with E-state index in [2.05, 4.69) is 72.8 Å². The molecule has 0 N–H and O–H groups in total. The van der Waals surface area contributed by atoms with Crippen molar-refractivity contribution in [1.29, 1.82) is 0 Å². The standard InChI is InChI=1S/C22H24Br2N2O2/c1-22(2,3)28-21(27)25-10-8-16(9-11-25)26-19-12-14(23)4-6-17(19)18-7-5-15(24)13-20(18)26/h4-7,12-13,16H,8-11H2,1-3H3. The van der Waals surface area contributed by atoms with Gasteiger partial charge >= 0.3 is 6.09 Å². The number of benzene rings is 2. The van der Waals surface area contributed by atoms with Gasteiger partial charge < -0.3 is 14.2 Å². The van der Waals surface area contributed by atoms with Gasteiger partial charge in [0.1, 0.15) is 5.60 Å². The molecule has 6 heteroatoms. The van der Waals surface area contributed by atoms with Crippen LogP contribution in [0, 0.1) is 0 Å². The lowest BCUT2D eigenvalue weighted by molar-refractivity contribution is 0.0191. The fourth-order valence-electron chi connectivity index (χ4n) is 4.02. The molecular weight excluding hydrogens is 484 g/mol. The number of fused-ring (bicyclic) bond motifs is 3. The fourth-order valence-corrected chi connectivity index (χ4v) is 4.72. The second kappa shape index (κ2) is 7.38. The Bertz CT molecular complexity index is 985. The minimum absolute atomic E-state index is 0.210. The van der Waals surface area contributed by atoms with Crippen LogP contribution >= 0.6 is 31.9 Å². The summed E-state index contributed by atoms with van der Waals surface area (Å²) in [6, 6.07) is 13.3. The molecule has 4 nitrogen and oxygen atoms in total. The third-order valence-electron chi connectivity index (χ3n) is 5.21. The predicted octanol–water partition coefficient (Wildman–Crippen LogP) is 6.89. The first-order valence-electron chi connectivity index (χ1n) is 9.59. The molecule has 1 aromatic heterocycles. The summed E-state index contributed by atoms with van der Waals surface area (Å²) < 4.78 is 10.2. The number of amides is 1. The number of likely N-dealkylation sites (tertiary alicyclic amines) is 1. The molecule has 3 aromatic rings. The average molecular weight is 508 g/mol. The average Bonchev–Trinajstić information content (AvgIpc) is 2.92. The minimum atomic E-state index is -0.459. The number of carbonyl (C=O) groups excluding carboxylic acids is 1. The number of aromatic nitrogens is 1. The van der Waals surface area contributed by atoms with Gasteiger partial charge in [-0.05, 0) is 57.9 Å². The molecule has 2 aromatic carbocycles. The van der Waals surface area contributed by atoms with Crippen LogP contribution in [-0.4, -0.2) is 34.3 Å². The summed E-state index contributed by atoms with van der Waals surface area (Å²) in [5.74, 6) is 0. The predicted molar refractivity (Wildman–Crippen MR) is 121 cm³/mol. The van der Waals surface area contributed by atoms with Crippen molar-refractivity contribution in [1.82, 2.24) is 9.47 Å². The van der Waals surface area contributed by atoms with Crippen molar-refractivity contribution >= 4 is 59.8 Å². The van der Waals surface area contributed by atoms with E-state index in [-0.39, 0.29) is 6.09 Å². The molecule has 28 heavy (non-hydrogen) atoms. The summed E-state index contributed by atoms with van der Waals surface area (Å²) in [5, 5.41) is 2.53. The second-order valence-corrected chi connectivity index (χ2v) is 10.2. The number of hydrogen-bond donors (Lipinski definition) is 0. The highest BCUT2D eigenvalue weighted by Crippen LogP contribution is 2.38. The van der Waals surface area contributed by atoms with Crippen molar-refractivity contribution in [3.8, 4) is 0 Å². The zero-order valence-corrected chi connectivity index (χ0v) is 19.5. The maximum Gasteiger partial charge on any atom is 0.410 e. The van der Waals surface area contributed by atoms with Crippen molar-refractivity contribution in [2.24, 2.45) is 0 Å². The molecule has 1 aliphatic rings. The molecule has 0 spiro atoms. The molecule has 0 bridgehead atoms. The van der Waals surface area contributed by atoms with Crippen molar-refractivity contribution < 1.29 is 9.53 Å². The smallest absolute Gasteiger partial charge is 0.410 e. The Morgan fingerprint density at radius 3 is 1.93 bits per heavy atom. The van der Waals surface area contributed by atoms with E-state index in [4.69, 9.17) is 4.74 Å². The van der Waals surface area contributed by atoms with Crippen LogP contribution in [0.25, 0.3) is 21.8 Å². The molecule has 1 aliphatic heterocycles. The van der Waals surface area contributed by atoms with Gasteiger partial charge in [-0.25, -0.2) is 4.79 Å². The highest BCUT2D eigenvalue weighted by molar-refractivity contribution is 9.10. The first-order chi connectivity index (χ1) is 13.2. The Morgan fingerprint density at radius 2 is 1.46 bits per heavy atom. The van der Waals surface area contributed by atoms with Crippen molar-refractivity contribution in [2.75, 3.05) is 13.1 Å². The Labute approximate surface area is 182 Å². The number of rotatable bonds is 1. The van der Waals surface area contributed by atoms with Gasteiger partial charge in [0.2, 0.25) is 0 Å². The van der Waals surface area contributed by atoms with Crippen LogP contribution < -0.4 is 0 Å². The lowest BCUT2D eigenvalue weighted by Gasteiger charge is -2.34. The van der Waals surface area contributed by atoms with Crippen molar-refractivity contribution in [3.05, 3.63) is 45.3 Å². The number of hydrogen-bond acceptors (Lipinski definition) is 2. The number of nitrogens with zero attached hydrogens (tertiary/aromatic N) is 2. The molecule has 0 unspecified atom stereocenters. The fraction of sp³-hybridized carbons (Fsp3) is 0.409. The number of halogens is 2. The van der Waals surface area contributed by atoms with E-state index in [1.807, 2.05) is 25.7 Å². The van der Waals surface area contributed by atoms with E-state index in [1.54, 1.807) is 0 Å². The van der Waals surface area contributed by atoms with E-state index in [0.717, 1.165) is 21.8 Å². The normalized spacial score (nSPS) is 16.1. The molecule has 1 amide bonds. The molecule has 1 fully saturated rings. The van der Waals surface area contributed by atoms with Gasteiger partial charge in [0, 0.05) is 38.8 Å². The number of ether oxygens (including phenoxy) is 1. The topological polar surface area (TPSA) is 34.5 Å². The lowest BCUT2D eigenvalue weighted by Crippen LogP contribution is -2.42.